The van der Waals surface area contributed by atoms with Gasteiger partial charge in [0.15, 0.2) is 12.5 Å². The molecule has 0 spiro atoms. The second-order valence-electron chi connectivity index (χ2n) is 5.31. The molecule has 1 aromatic carbocycles. The van der Waals surface area contributed by atoms with E-state index in [0.29, 0.717) is 19.1 Å². The molecule has 1 saturated carbocycles. The first kappa shape index (κ1) is 15.7. The second kappa shape index (κ2) is 7.95. The van der Waals surface area contributed by atoms with Gasteiger partial charge in [-0.1, -0.05) is 13.0 Å². The summed E-state index contributed by atoms with van der Waals surface area (Å²) in [5, 5.41) is 14.3. The van der Waals surface area contributed by atoms with E-state index in [4.69, 9.17) is 9.47 Å². The summed E-state index contributed by atoms with van der Waals surface area (Å²) in [4.78, 5) is 10.6. The van der Waals surface area contributed by atoms with Crippen LogP contribution in [-0.2, 0) is 11.3 Å². The van der Waals surface area contributed by atoms with Gasteiger partial charge in [0.2, 0.25) is 0 Å². The first-order chi connectivity index (χ1) is 10.2. The third kappa shape index (κ3) is 5.32. The van der Waals surface area contributed by atoms with Crippen LogP contribution in [0.1, 0.15) is 31.7 Å². The number of rotatable bonds is 10. The van der Waals surface area contributed by atoms with E-state index in [1.807, 2.05) is 0 Å². The lowest BCUT2D eigenvalue weighted by atomic mass is 10.2. The predicted molar refractivity (Wildman–Crippen MR) is 79.3 cm³/mol. The van der Waals surface area contributed by atoms with E-state index >= 15 is 0 Å². The number of nitro groups is 1. The molecule has 6 heteroatoms. The average molecular weight is 294 g/mol. The van der Waals surface area contributed by atoms with Crippen molar-refractivity contribution in [1.29, 1.82) is 0 Å². The minimum Gasteiger partial charge on any atom is -0.460 e. The van der Waals surface area contributed by atoms with Crippen LogP contribution in [0.3, 0.4) is 0 Å². The lowest BCUT2D eigenvalue weighted by Crippen LogP contribution is -2.14. The molecule has 0 saturated heterocycles. The molecule has 0 bridgehead atoms. The Hall–Kier alpha value is -1.66. The average Bonchev–Trinajstić information content (AvgIpc) is 3.28. The molecular weight excluding hydrogens is 272 g/mol. The van der Waals surface area contributed by atoms with Crippen molar-refractivity contribution in [2.45, 2.75) is 32.7 Å². The molecule has 1 N–H and O–H groups in total. The maximum atomic E-state index is 11.0. The molecule has 1 aliphatic carbocycles. The fourth-order valence-corrected chi connectivity index (χ4v) is 1.95. The molecule has 0 amide bonds. The highest BCUT2D eigenvalue weighted by Gasteiger charge is 2.21. The Morgan fingerprint density at radius 1 is 1.43 bits per heavy atom. The van der Waals surface area contributed by atoms with Gasteiger partial charge in [-0.15, -0.1) is 0 Å². The van der Waals surface area contributed by atoms with E-state index < -0.39 is 4.92 Å². The number of nitrogens with zero attached hydrogens (tertiary/aromatic N) is 1. The van der Waals surface area contributed by atoms with Crippen LogP contribution in [0.2, 0.25) is 0 Å². The highest BCUT2D eigenvalue weighted by Crippen LogP contribution is 2.30. The summed E-state index contributed by atoms with van der Waals surface area (Å²) in [7, 11) is 0. The van der Waals surface area contributed by atoms with E-state index in [2.05, 4.69) is 12.2 Å². The molecule has 116 valence electrons. The maximum absolute atomic E-state index is 11.0. The van der Waals surface area contributed by atoms with Gasteiger partial charge in [0.25, 0.3) is 0 Å². The summed E-state index contributed by atoms with van der Waals surface area (Å²) in [6.45, 7) is 4.41. The lowest BCUT2D eigenvalue weighted by Gasteiger charge is -2.09. The molecule has 6 nitrogen and oxygen atoms in total. The smallest absolute Gasteiger partial charge is 0.311 e. The van der Waals surface area contributed by atoms with Crippen molar-refractivity contribution in [2.24, 2.45) is 5.92 Å². The summed E-state index contributed by atoms with van der Waals surface area (Å²) in [5.74, 6) is 0.916. The van der Waals surface area contributed by atoms with Crippen LogP contribution in [0, 0.1) is 16.0 Å². The normalized spacial score (nSPS) is 14.1. The number of benzene rings is 1. The van der Waals surface area contributed by atoms with E-state index in [-0.39, 0.29) is 18.2 Å². The molecule has 1 aliphatic rings. The van der Waals surface area contributed by atoms with Crippen molar-refractivity contribution in [3.05, 3.63) is 33.9 Å². The number of nitrogens with one attached hydrogen (secondary N) is 1. The molecule has 21 heavy (non-hydrogen) atoms. The van der Waals surface area contributed by atoms with Gasteiger partial charge in [0, 0.05) is 12.6 Å². The molecule has 0 unspecified atom stereocenters. The van der Waals surface area contributed by atoms with Crippen LogP contribution in [-0.4, -0.2) is 24.9 Å². The Morgan fingerprint density at radius 3 is 2.90 bits per heavy atom. The van der Waals surface area contributed by atoms with Crippen molar-refractivity contribution >= 4 is 5.69 Å². The first-order valence-corrected chi connectivity index (χ1v) is 7.39. The van der Waals surface area contributed by atoms with Gasteiger partial charge in [-0.2, -0.15) is 0 Å². The molecule has 1 fully saturated rings. The molecule has 0 atom stereocenters. The zero-order valence-corrected chi connectivity index (χ0v) is 12.3. The van der Waals surface area contributed by atoms with Crippen LogP contribution < -0.4 is 10.1 Å². The topological polar surface area (TPSA) is 73.6 Å². The van der Waals surface area contributed by atoms with E-state index in [1.165, 1.54) is 18.9 Å². The third-order valence-corrected chi connectivity index (χ3v) is 3.33. The van der Waals surface area contributed by atoms with Gasteiger partial charge in [-0.25, -0.2) is 0 Å². The standard InChI is InChI=1S/C15H22N2O4/c1-2-7-16-9-13-5-6-14(17(18)19)15(8-13)21-11-20-10-12-3-4-12/h5-6,8,12,16H,2-4,7,9-11H2,1H3. The van der Waals surface area contributed by atoms with Crippen molar-refractivity contribution in [3.8, 4) is 5.75 Å². The minimum absolute atomic E-state index is 0.0238. The summed E-state index contributed by atoms with van der Waals surface area (Å²) in [5.41, 5.74) is 0.940. The molecule has 0 heterocycles. The number of ether oxygens (including phenoxy) is 2. The monoisotopic (exact) mass is 294 g/mol. The van der Waals surface area contributed by atoms with E-state index in [9.17, 15) is 10.1 Å². The van der Waals surface area contributed by atoms with Crippen molar-refractivity contribution in [3.63, 3.8) is 0 Å². The Labute approximate surface area is 124 Å². The Bertz CT molecular complexity index is 475. The van der Waals surface area contributed by atoms with Gasteiger partial charge >= 0.3 is 5.69 Å². The number of hydrogen-bond acceptors (Lipinski definition) is 5. The van der Waals surface area contributed by atoms with E-state index in [0.717, 1.165) is 18.5 Å². The molecule has 0 radical (unpaired) electrons. The zero-order chi connectivity index (χ0) is 15.1. The summed E-state index contributed by atoms with van der Waals surface area (Å²) in [6.07, 6.45) is 3.46. The molecule has 0 aliphatic heterocycles. The van der Waals surface area contributed by atoms with Gasteiger partial charge < -0.3 is 14.8 Å². The molecule has 2 rings (SSSR count). The number of hydrogen-bond donors (Lipinski definition) is 1. The largest absolute Gasteiger partial charge is 0.460 e. The Balaban J connectivity index is 1.92. The Kier molecular flexibility index (Phi) is 5.95. The summed E-state index contributed by atoms with van der Waals surface area (Å²) in [6, 6.07) is 4.94. The van der Waals surface area contributed by atoms with Crippen molar-refractivity contribution in [2.75, 3.05) is 19.9 Å². The second-order valence-corrected chi connectivity index (χ2v) is 5.31. The fourth-order valence-electron chi connectivity index (χ4n) is 1.95. The Morgan fingerprint density at radius 2 is 2.24 bits per heavy atom. The predicted octanol–water partition coefficient (Wildman–Crippen LogP) is 2.86. The molecular formula is C15H22N2O4. The summed E-state index contributed by atoms with van der Waals surface area (Å²) < 4.78 is 10.8. The zero-order valence-electron chi connectivity index (χ0n) is 12.3. The van der Waals surface area contributed by atoms with Crippen LogP contribution in [0.5, 0.6) is 5.75 Å². The third-order valence-electron chi connectivity index (χ3n) is 3.33. The highest BCUT2D eigenvalue weighted by molar-refractivity contribution is 5.48. The first-order valence-electron chi connectivity index (χ1n) is 7.39. The van der Waals surface area contributed by atoms with Gasteiger partial charge in [-0.05, 0) is 43.4 Å². The molecule has 0 aromatic heterocycles. The quantitative estimate of drug-likeness (QED) is 0.311. The minimum atomic E-state index is -0.431. The fraction of sp³-hybridized carbons (Fsp3) is 0.600. The van der Waals surface area contributed by atoms with Gasteiger partial charge in [0.1, 0.15) is 0 Å². The van der Waals surface area contributed by atoms with Crippen LogP contribution in [0.4, 0.5) is 5.69 Å². The van der Waals surface area contributed by atoms with E-state index in [1.54, 1.807) is 12.1 Å². The van der Waals surface area contributed by atoms with Crippen LogP contribution >= 0.6 is 0 Å². The van der Waals surface area contributed by atoms with Crippen molar-refractivity contribution < 1.29 is 14.4 Å². The molecule has 1 aromatic rings. The lowest BCUT2D eigenvalue weighted by molar-refractivity contribution is -0.386. The van der Waals surface area contributed by atoms with Crippen LogP contribution in [0.25, 0.3) is 0 Å². The van der Waals surface area contributed by atoms with Gasteiger partial charge in [0.05, 0.1) is 11.5 Å². The SMILES string of the molecule is CCCNCc1ccc([N+](=O)[O-])c(OCOCC2CC2)c1. The maximum Gasteiger partial charge on any atom is 0.311 e. The highest BCUT2D eigenvalue weighted by atomic mass is 16.7. The number of nitro benzene ring substituents is 1. The summed E-state index contributed by atoms with van der Waals surface area (Å²) >= 11 is 0. The van der Waals surface area contributed by atoms with Gasteiger partial charge in [-0.3, -0.25) is 10.1 Å². The van der Waals surface area contributed by atoms with Crippen LogP contribution in [0.15, 0.2) is 18.2 Å². The van der Waals surface area contributed by atoms with Crippen molar-refractivity contribution in [1.82, 2.24) is 5.32 Å².